The zero-order valence-corrected chi connectivity index (χ0v) is 17.3. The van der Waals surface area contributed by atoms with Crippen molar-refractivity contribution in [3.8, 4) is 0 Å². The number of hydrogen-bond acceptors (Lipinski definition) is 5. The molecule has 28 heavy (non-hydrogen) atoms. The molecular formula is C20H25N3O4S. The van der Waals surface area contributed by atoms with E-state index in [1.165, 1.54) is 16.2 Å². The highest BCUT2D eigenvalue weighted by Crippen LogP contribution is 2.15. The van der Waals surface area contributed by atoms with Crippen LogP contribution in [0, 0.1) is 0 Å². The minimum Gasteiger partial charge on any atom is -0.444 e. The minimum absolute atomic E-state index is 0.128. The average molecular weight is 404 g/mol. The fourth-order valence-electron chi connectivity index (χ4n) is 2.29. The Kier molecular flexibility index (Phi) is 7.17. The number of anilines is 1. The maximum Gasteiger partial charge on any atom is 0.410 e. The summed E-state index contributed by atoms with van der Waals surface area (Å²) in [6, 6.07) is 8.87. The highest BCUT2D eigenvalue weighted by Gasteiger charge is 2.19. The number of nitrogens with one attached hydrogen (secondary N) is 2. The summed E-state index contributed by atoms with van der Waals surface area (Å²) in [6.45, 7) is 5.65. The van der Waals surface area contributed by atoms with Crippen LogP contribution in [-0.2, 0) is 16.1 Å². The van der Waals surface area contributed by atoms with Gasteiger partial charge in [-0.2, -0.15) is 11.3 Å². The van der Waals surface area contributed by atoms with Gasteiger partial charge in [0.1, 0.15) is 5.60 Å². The molecule has 1 heterocycles. The number of ether oxygens (including phenoxy) is 1. The first-order valence-electron chi connectivity index (χ1n) is 8.77. The van der Waals surface area contributed by atoms with Crippen LogP contribution in [0.15, 0.2) is 41.1 Å². The highest BCUT2D eigenvalue weighted by atomic mass is 32.1. The molecule has 2 N–H and O–H groups in total. The first-order valence-corrected chi connectivity index (χ1v) is 9.71. The van der Waals surface area contributed by atoms with Crippen LogP contribution in [0.5, 0.6) is 0 Å². The topological polar surface area (TPSA) is 87.7 Å². The lowest BCUT2D eigenvalue weighted by atomic mass is 10.2. The zero-order valence-electron chi connectivity index (χ0n) is 16.4. The second-order valence-corrected chi connectivity index (χ2v) is 8.06. The summed E-state index contributed by atoms with van der Waals surface area (Å²) in [5.74, 6) is -0.620. The molecule has 0 radical (unpaired) electrons. The van der Waals surface area contributed by atoms with E-state index in [9.17, 15) is 14.4 Å². The van der Waals surface area contributed by atoms with Crippen molar-refractivity contribution in [1.29, 1.82) is 0 Å². The van der Waals surface area contributed by atoms with E-state index in [-0.39, 0.29) is 18.4 Å². The Morgan fingerprint density at radius 3 is 2.57 bits per heavy atom. The summed E-state index contributed by atoms with van der Waals surface area (Å²) in [5.41, 5.74) is 1.40. The van der Waals surface area contributed by atoms with Crippen LogP contribution in [0.2, 0.25) is 0 Å². The molecule has 0 spiro atoms. The third kappa shape index (κ3) is 7.03. The van der Waals surface area contributed by atoms with E-state index in [0.29, 0.717) is 17.8 Å². The van der Waals surface area contributed by atoms with Gasteiger partial charge in [-0.25, -0.2) is 4.79 Å². The first-order chi connectivity index (χ1) is 13.1. The molecule has 8 heteroatoms. The number of carbonyl (C=O) groups is 3. The van der Waals surface area contributed by atoms with Crippen LogP contribution in [-0.4, -0.2) is 42.0 Å². The standard InChI is InChI=1S/C20H25N3O4S/c1-20(2,3)27-19(26)23(4)12-14-6-5-7-16(10-14)22-17(24)11-21-18(25)15-8-9-28-13-15/h5-10,13H,11-12H2,1-4H3,(H,21,25)(H,22,24). The van der Waals surface area contributed by atoms with Gasteiger partial charge < -0.3 is 20.3 Å². The number of rotatable bonds is 6. The molecule has 0 aliphatic carbocycles. The lowest BCUT2D eigenvalue weighted by Gasteiger charge is -2.24. The second kappa shape index (κ2) is 9.36. The molecule has 2 rings (SSSR count). The van der Waals surface area contributed by atoms with Crippen molar-refractivity contribution in [2.45, 2.75) is 32.9 Å². The predicted octanol–water partition coefficient (Wildman–Crippen LogP) is 3.48. The molecule has 0 aliphatic heterocycles. The third-order valence-corrected chi connectivity index (χ3v) is 4.21. The van der Waals surface area contributed by atoms with Gasteiger partial charge >= 0.3 is 6.09 Å². The monoisotopic (exact) mass is 403 g/mol. The number of thiophene rings is 1. The van der Waals surface area contributed by atoms with Crippen molar-refractivity contribution in [1.82, 2.24) is 10.2 Å². The Balaban J connectivity index is 1.87. The fourth-order valence-corrected chi connectivity index (χ4v) is 2.92. The van der Waals surface area contributed by atoms with E-state index in [1.54, 1.807) is 42.1 Å². The van der Waals surface area contributed by atoms with Crippen molar-refractivity contribution >= 4 is 34.9 Å². The van der Waals surface area contributed by atoms with Crippen molar-refractivity contribution in [2.24, 2.45) is 0 Å². The van der Waals surface area contributed by atoms with Crippen molar-refractivity contribution in [2.75, 3.05) is 18.9 Å². The minimum atomic E-state index is -0.561. The maximum atomic E-state index is 12.1. The molecule has 1 aromatic heterocycles. The Morgan fingerprint density at radius 1 is 1.18 bits per heavy atom. The molecule has 0 unspecified atom stereocenters. The number of amides is 3. The van der Waals surface area contributed by atoms with E-state index in [0.717, 1.165) is 5.56 Å². The third-order valence-electron chi connectivity index (χ3n) is 3.53. The van der Waals surface area contributed by atoms with Gasteiger partial charge in [-0.15, -0.1) is 0 Å². The van der Waals surface area contributed by atoms with Crippen LogP contribution >= 0.6 is 11.3 Å². The Bertz CT molecular complexity index is 828. The number of benzene rings is 1. The zero-order chi connectivity index (χ0) is 20.7. The molecular weight excluding hydrogens is 378 g/mol. The smallest absolute Gasteiger partial charge is 0.410 e. The van der Waals surface area contributed by atoms with Crippen LogP contribution in [0.25, 0.3) is 0 Å². The van der Waals surface area contributed by atoms with Gasteiger partial charge in [-0.1, -0.05) is 12.1 Å². The maximum absolute atomic E-state index is 12.1. The molecule has 0 fully saturated rings. The van der Waals surface area contributed by atoms with Gasteiger partial charge in [0.15, 0.2) is 0 Å². The van der Waals surface area contributed by atoms with E-state index < -0.39 is 11.7 Å². The van der Waals surface area contributed by atoms with Crippen LogP contribution in [0.1, 0.15) is 36.7 Å². The average Bonchev–Trinajstić information content (AvgIpc) is 3.13. The molecule has 0 saturated carbocycles. The molecule has 0 saturated heterocycles. The molecule has 150 valence electrons. The Labute approximate surface area is 168 Å². The van der Waals surface area contributed by atoms with Gasteiger partial charge in [0, 0.05) is 30.2 Å². The quantitative estimate of drug-likeness (QED) is 0.773. The van der Waals surface area contributed by atoms with E-state index >= 15 is 0 Å². The van der Waals surface area contributed by atoms with Gasteiger partial charge in [0.05, 0.1) is 6.54 Å². The van der Waals surface area contributed by atoms with Gasteiger partial charge in [-0.3, -0.25) is 9.59 Å². The van der Waals surface area contributed by atoms with Gasteiger partial charge in [-0.05, 0) is 49.9 Å². The first kappa shape index (κ1) is 21.4. The van der Waals surface area contributed by atoms with E-state index in [2.05, 4.69) is 10.6 Å². The SMILES string of the molecule is CN(Cc1cccc(NC(=O)CNC(=O)c2ccsc2)c1)C(=O)OC(C)(C)C. The number of nitrogens with zero attached hydrogens (tertiary/aromatic N) is 1. The lowest BCUT2D eigenvalue weighted by Crippen LogP contribution is -2.34. The van der Waals surface area contributed by atoms with Gasteiger partial charge in [0.25, 0.3) is 5.91 Å². The Hall–Kier alpha value is -2.87. The summed E-state index contributed by atoms with van der Waals surface area (Å²) in [7, 11) is 1.65. The fraction of sp³-hybridized carbons (Fsp3) is 0.350. The molecule has 2 aromatic rings. The normalized spacial score (nSPS) is 10.9. The summed E-state index contributed by atoms with van der Waals surface area (Å²) >= 11 is 1.42. The lowest BCUT2D eigenvalue weighted by molar-refractivity contribution is -0.115. The molecule has 7 nitrogen and oxygen atoms in total. The van der Waals surface area contributed by atoms with Gasteiger partial charge in [0.2, 0.25) is 5.91 Å². The number of hydrogen-bond donors (Lipinski definition) is 2. The second-order valence-electron chi connectivity index (χ2n) is 7.28. The van der Waals surface area contributed by atoms with Crippen LogP contribution in [0.3, 0.4) is 0 Å². The summed E-state index contributed by atoms with van der Waals surface area (Å²) < 4.78 is 5.33. The van der Waals surface area contributed by atoms with Crippen molar-refractivity contribution in [3.05, 3.63) is 52.2 Å². The van der Waals surface area contributed by atoms with Crippen molar-refractivity contribution < 1.29 is 19.1 Å². The van der Waals surface area contributed by atoms with Crippen molar-refractivity contribution in [3.63, 3.8) is 0 Å². The van der Waals surface area contributed by atoms with Crippen LogP contribution < -0.4 is 10.6 Å². The molecule has 0 aliphatic rings. The molecule has 1 aromatic carbocycles. The molecule has 0 atom stereocenters. The molecule has 3 amide bonds. The highest BCUT2D eigenvalue weighted by molar-refractivity contribution is 7.08. The van der Waals surface area contributed by atoms with E-state index in [4.69, 9.17) is 4.74 Å². The van der Waals surface area contributed by atoms with E-state index in [1.807, 2.05) is 26.8 Å². The van der Waals surface area contributed by atoms with Crippen LogP contribution in [0.4, 0.5) is 10.5 Å². The summed E-state index contributed by atoms with van der Waals surface area (Å²) in [6.07, 6.45) is -0.418. The Morgan fingerprint density at radius 2 is 1.93 bits per heavy atom. The molecule has 0 bridgehead atoms. The number of carbonyl (C=O) groups excluding carboxylic acids is 3. The predicted molar refractivity (Wildman–Crippen MR) is 109 cm³/mol. The summed E-state index contributed by atoms with van der Waals surface area (Å²) in [4.78, 5) is 37.5. The summed E-state index contributed by atoms with van der Waals surface area (Å²) in [5, 5.41) is 8.83. The largest absolute Gasteiger partial charge is 0.444 e.